The van der Waals surface area contributed by atoms with E-state index in [1.54, 1.807) is 29.7 Å². The number of nitrogens with one attached hydrogen (secondary N) is 3. The average molecular weight is 314 g/mol. The Balaban J connectivity index is 1.79. The van der Waals surface area contributed by atoms with Gasteiger partial charge in [0.25, 0.3) is 11.8 Å². The van der Waals surface area contributed by atoms with Crippen molar-refractivity contribution >= 4 is 22.7 Å². The molecule has 7 heteroatoms. The summed E-state index contributed by atoms with van der Waals surface area (Å²) in [5.41, 5.74) is 3.00. The molecule has 7 nitrogen and oxygen atoms in total. The van der Waals surface area contributed by atoms with E-state index in [1.807, 2.05) is 0 Å². The highest BCUT2D eigenvalue weighted by molar-refractivity contribution is 6.00. The number of fused-ring (bicyclic) bond motifs is 1. The van der Waals surface area contributed by atoms with Gasteiger partial charge in [0, 0.05) is 23.2 Å². The van der Waals surface area contributed by atoms with Gasteiger partial charge in [-0.25, -0.2) is 5.48 Å². The molecule has 2 heterocycles. The lowest BCUT2D eigenvalue weighted by Gasteiger charge is -2.23. The van der Waals surface area contributed by atoms with Crippen LogP contribution in [0.2, 0.25) is 0 Å². The molecular weight excluding hydrogens is 296 g/mol. The molecule has 23 heavy (non-hydrogen) atoms. The number of hydrogen-bond donors (Lipinski definition) is 4. The van der Waals surface area contributed by atoms with Crippen molar-refractivity contribution in [3.63, 3.8) is 0 Å². The molecule has 0 aliphatic carbocycles. The van der Waals surface area contributed by atoms with E-state index in [9.17, 15) is 9.59 Å². The van der Waals surface area contributed by atoms with Crippen LogP contribution in [0.15, 0.2) is 30.5 Å². The van der Waals surface area contributed by atoms with Crippen LogP contribution in [0.3, 0.4) is 0 Å². The van der Waals surface area contributed by atoms with E-state index in [1.165, 1.54) is 6.20 Å². The highest BCUT2D eigenvalue weighted by atomic mass is 16.5. The van der Waals surface area contributed by atoms with E-state index in [0.29, 0.717) is 11.1 Å². The molecule has 1 aromatic heterocycles. The molecule has 0 radical (unpaired) electrons. The number of nitrogens with zero attached hydrogens (tertiary/aromatic N) is 1. The van der Waals surface area contributed by atoms with E-state index in [4.69, 9.17) is 5.21 Å². The number of carbonyl (C=O) groups excluding carboxylic acids is 2. The van der Waals surface area contributed by atoms with Crippen molar-refractivity contribution in [2.75, 3.05) is 13.1 Å². The summed E-state index contributed by atoms with van der Waals surface area (Å²) in [6.45, 7) is 1.83. The number of hydroxylamine groups is 1. The molecule has 0 spiro atoms. The number of benzene rings is 1. The molecule has 120 valence electrons. The molecular formula is C16H18N4O3. The molecule has 1 saturated heterocycles. The van der Waals surface area contributed by atoms with Gasteiger partial charge in [0.05, 0.1) is 11.1 Å². The average Bonchev–Trinajstić information content (AvgIpc) is 2.61. The summed E-state index contributed by atoms with van der Waals surface area (Å²) in [5, 5.41) is 15.7. The highest BCUT2D eigenvalue weighted by Crippen LogP contribution is 2.16. The smallest absolute Gasteiger partial charge is 0.276 e. The van der Waals surface area contributed by atoms with E-state index >= 15 is 0 Å². The Morgan fingerprint density at radius 3 is 2.65 bits per heavy atom. The van der Waals surface area contributed by atoms with Gasteiger partial charge < -0.3 is 10.6 Å². The van der Waals surface area contributed by atoms with E-state index in [2.05, 4.69) is 15.6 Å². The first-order valence-corrected chi connectivity index (χ1v) is 7.53. The van der Waals surface area contributed by atoms with Crippen LogP contribution in [0, 0.1) is 0 Å². The van der Waals surface area contributed by atoms with E-state index < -0.39 is 5.91 Å². The number of amides is 2. The van der Waals surface area contributed by atoms with Crippen molar-refractivity contribution in [2.24, 2.45) is 0 Å². The van der Waals surface area contributed by atoms with Crippen molar-refractivity contribution in [1.82, 2.24) is 21.1 Å². The Kier molecular flexibility index (Phi) is 4.50. The number of aromatic nitrogens is 1. The van der Waals surface area contributed by atoms with Crippen molar-refractivity contribution in [3.05, 3.63) is 41.6 Å². The first-order chi connectivity index (χ1) is 11.2. The second kappa shape index (κ2) is 6.72. The Hall–Kier alpha value is -2.51. The highest BCUT2D eigenvalue weighted by Gasteiger charge is 2.16. The molecule has 0 bridgehead atoms. The second-order valence-electron chi connectivity index (χ2n) is 5.57. The number of piperidine rings is 1. The van der Waals surface area contributed by atoms with Gasteiger partial charge in [-0.3, -0.25) is 19.8 Å². The zero-order chi connectivity index (χ0) is 16.2. The van der Waals surface area contributed by atoms with Gasteiger partial charge in [-0.2, -0.15) is 0 Å². The third-order valence-electron chi connectivity index (χ3n) is 3.98. The summed E-state index contributed by atoms with van der Waals surface area (Å²) < 4.78 is 0. The maximum atomic E-state index is 12.3. The molecule has 0 unspecified atom stereocenters. The van der Waals surface area contributed by atoms with Crippen LogP contribution < -0.4 is 16.1 Å². The normalized spacial score (nSPS) is 15.3. The minimum absolute atomic E-state index is 0.113. The summed E-state index contributed by atoms with van der Waals surface area (Å²) in [4.78, 5) is 27.9. The van der Waals surface area contributed by atoms with Crippen LogP contribution in [-0.4, -0.2) is 41.1 Å². The summed E-state index contributed by atoms with van der Waals surface area (Å²) in [6.07, 6.45) is 3.22. The van der Waals surface area contributed by atoms with Gasteiger partial charge in [0.2, 0.25) is 0 Å². The molecule has 1 aliphatic rings. The van der Waals surface area contributed by atoms with Crippen LogP contribution >= 0.6 is 0 Å². The molecule has 3 rings (SSSR count). The molecule has 2 amide bonds. The molecule has 1 aromatic carbocycles. The maximum Gasteiger partial charge on any atom is 0.276 e. The number of pyridine rings is 1. The lowest BCUT2D eigenvalue weighted by molar-refractivity contribution is 0.0706. The van der Waals surface area contributed by atoms with Gasteiger partial charge in [0.1, 0.15) is 0 Å². The van der Waals surface area contributed by atoms with Crippen molar-refractivity contribution in [1.29, 1.82) is 0 Å². The Bertz CT molecular complexity index is 741. The zero-order valence-corrected chi connectivity index (χ0v) is 12.5. The number of hydrogen-bond acceptors (Lipinski definition) is 5. The van der Waals surface area contributed by atoms with Crippen LogP contribution in [0.25, 0.3) is 10.9 Å². The molecule has 4 N–H and O–H groups in total. The Morgan fingerprint density at radius 2 is 1.91 bits per heavy atom. The standard InChI is InChI=1S/C16H18N4O3/c21-15(19-13-3-5-17-6-4-13)11-2-1-10-7-12(16(22)20-23)9-18-14(10)8-11/h1-2,7-9,13,17,23H,3-6H2,(H,19,21)(H,20,22). The quantitative estimate of drug-likeness (QED) is 0.496. The second-order valence-corrected chi connectivity index (χ2v) is 5.57. The van der Waals surface area contributed by atoms with Gasteiger partial charge in [-0.1, -0.05) is 6.07 Å². The molecule has 1 fully saturated rings. The predicted octanol–water partition coefficient (Wildman–Crippen LogP) is 0.836. The van der Waals surface area contributed by atoms with Gasteiger partial charge in [0.15, 0.2) is 0 Å². The molecule has 0 atom stereocenters. The minimum Gasteiger partial charge on any atom is -0.349 e. The topological polar surface area (TPSA) is 103 Å². The van der Waals surface area contributed by atoms with Gasteiger partial charge >= 0.3 is 0 Å². The summed E-state index contributed by atoms with van der Waals surface area (Å²) >= 11 is 0. The van der Waals surface area contributed by atoms with Crippen molar-refractivity contribution in [3.8, 4) is 0 Å². The number of carbonyl (C=O) groups is 2. The maximum absolute atomic E-state index is 12.3. The van der Waals surface area contributed by atoms with Crippen LogP contribution in [0.5, 0.6) is 0 Å². The lowest BCUT2D eigenvalue weighted by Crippen LogP contribution is -2.42. The zero-order valence-electron chi connectivity index (χ0n) is 12.5. The molecule has 2 aromatic rings. The molecule has 1 aliphatic heterocycles. The summed E-state index contributed by atoms with van der Waals surface area (Å²) in [6, 6.07) is 6.96. The number of rotatable bonds is 3. The lowest BCUT2D eigenvalue weighted by atomic mass is 10.1. The van der Waals surface area contributed by atoms with E-state index in [0.717, 1.165) is 31.3 Å². The Morgan fingerprint density at radius 1 is 1.13 bits per heavy atom. The third kappa shape index (κ3) is 3.46. The van der Waals surface area contributed by atoms with Crippen LogP contribution in [-0.2, 0) is 0 Å². The predicted molar refractivity (Wildman–Crippen MR) is 84.4 cm³/mol. The monoisotopic (exact) mass is 314 g/mol. The third-order valence-corrected chi connectivity index (χ3v) is 3.98. The van der Waals surface area contributed by atoms with Gasteiger partial charge in [-0.15, -0.1) is 0 Å². The summed E-state index contributed by atoms with van der Waals surface area (Å²) in [5.74, 6) is -0.732. The van der Waals surface area contributed by atoms with Crippen LogP contribution in [0.4, 0.5) is 0 Å². The van der Waals surface area contributed by atoms with Gasteiger partial charge in [-0.05, 0) is 44.1 Å². The SMILES string of the molecule is O=C(NO)c1cnc2cc(C(=O)NC3CCNCC3)ccc2c1. The molecule has 0 saturated carbocycles. The summed E-state index contributed by atoms with van der Waals surface area (Å²) in [7, 11) is 0. The van der Waals surface area contributed by atoms with Crippen molar-refractivity contribution < 1.29 is 14.8 Å². The fourth-order valence-corrected chi connectivity index (χ4v) is 2.69. The van der Waals surface area contributed by atoms with E-state index in [-0.39, 0.29) is 17.5 Å². The Labute approximate surface area is 133 Å². The minimum atomic E-state index is -0.618. The van der Waals surface area contributed by atoms with Crippen molar-refractivity contribution in [2.45, 2.75) is 18.9 Å². The fraction of sp³-hybridized carbons (Fsp3) is 0.312. The van der Waals surface area contributed by atoms with Crippen LogP contribution in [0.1, 0.15) is 33.6 Å². The largest absolute Gasteiger partial charge is 0.349 e. The first kappa shape index (κ1) is 15.4. The first-order valence-electron chi connectivity index (χ1n) is 7.53. The fourth-order valence-electron chi connectivity index (χ4n) is 2.69.